The van der Waals surface area contributed by atoms with E-state index in [1.807, 2.05) is 42.5 Å². The van der Waals surface area contributed by atoms with E-state index in [2.05, 4.69) is 17.4 Å². The summed E-state index contributed by atoms with van der Waals surface area (Å²) >= 11 is 0. The minimum absolute atomic E-state index is 0.0897. The zero-order chi connectivity index (χ0) is 22.0. The first-order valence-electron chi connectivity index (χ1n) is 10.4. The van der Waals surface area contributed by atoms with Crippen molar-refractivity contribution in [1.82, 2.24) is 5.32 Å². The number of carbonyl (C=O) groups excluding carboxylic acids is 1. The number of hydrogen-bond acceptors (Lipinski definition) is 3. The van der Waals surface area contributed by atoms with Gasteiger partial charge in [-0.2, -0.15) is 0 Å². The largest absolute Gasteiger partial charge is 0.479 e. The number of nitrogens with one attached hydrogen (secondary N) is 1. The molecule has 31 heavy (non-hydrogen) atoms. The molecular weight excluding hydrogens is 390 g/mol. The molecule has 1 aliphatic rings. The van der Waals surface area contributed by atoms with Gasteiger partial charge in [-0.05, 0) is 33.7 Å². The number of ether oxygens (including phenoxy) is 1. The van der Waals surface area contributed by atoms with E-state index in [1.165, 1.54) is 0 Å². The molecule has 3 aromatic carbocycles. The first kappa shape index (κ1) is 20.7. The molecule has 0 fully saturated rings. The molecule has 2 N–H and O–H groups in total. The van der Waals surface area contributed by atoms with Crippen LogP contribution in [0.5, 0.6) is 0 Å². The number of benzene rings is 3. The van der Waals surface area contributed by atoms with E-state index in [-0.39, 0.29) is 12.5 Å². The molecule has 0 aromatic heterocycles. The van der Waals surface area contributed by atoms with Gasteiger partial charge >= 0.3 is 12.1 Å². The van der Waals surface area contributed by atoms with Crippen LogP contribution < -0.4 is 5.32 Å². The number of carboxylic acid groups (broad SMARTS) is 1. The van der Waals surface area contributed by atoms with Crippen LogP contribution in [0.3, 0.4) is 0 Å². The Hall–Kier alpha value is -3.60. The summed E-state index contributed by atoms with van der Waals surface area (Å²) in [6.45, 7) is 3.66. The predicted molar refractivity (Wildman–Crippen MR) is 119 cm³/mol. The fraction of sp³-hybridized carbons (Fsp3) is 0.231. The Bertz CT molecular complexity index is 1060. The SMILES string of the molecule is CC(C)[C@@](NC(=O)OCC1c2ccccc2-c2ccccc21)(C(=O)O)c1ccccc1. The number of fused-ring (bicyclic) bond motifs is 3. The average Bonchev–Trinajstić information content (AvgIpc) is 3.10. The van der Waals surface area contributed by atoms with Gasteiger partial charge in [0.05, 0.1) is 0 Å². The molecule has 0 spiro atoms. The number of rotatable bonds is 6. The van der Waals surface area contributed by atoms with Crippen molar-refractivity contribution < 1.29 is 19.4 Å². The molecule has 1 amide bonds. The summed E-state index contributed by atoms with van der Waals surface area (Å²) in [4.78, 5) is 25.1. The molecule has 0 saturated carbocycles. The van der Waals surface area contributed by atoms with Gasteiger partial charge in [-0.25, -0.2) is 9.59 Å². The number of aliphatic carboxylic acids is 1. The molecule has 5 nitrogen and oxygen atoms in total. The lowest BCUT2D eigenvalue weighted by atomic mass is 9.80. The summed E-state index contributed by atoms with van der Waals surface area (Å²) in [5.41, 5.74) is 3.41. The van der Waals surface area contributed by atoms with Crippen LogP contribution in [0, 0.1) is 5.92 Å². The van der Waals surface area contributed by atoms with Gasteiger partial charge in [0, 0.05) is 5.92 Å². The van der Waals surface area contributed by atoms with Crippen LogP contribution in [0.4, 0.5) is 4.79 Å². The van der Waals surface area contributed by atoms with Crippen molar-refractivity contribution in [3.63, 3.8) is 0 Å². The van der Waals surface area contributed by atoms with Crippen molar-refractivity contribution in [3.05, 3.63) is 95.6 Å². The standard InChI is InChI=1S/C26H25NO4/c1-17(2)26(24(28)29,18-10-4-3-5-11-18)27-25(30)31-16-23-21-14-8-6-12-19(21)20-13-7-9-15-22(20)23/h3-15,17,23H,16H2,1-2H3,(H,27,30)(H,28,29)/t26-/m0/s1. The molecule has 0 bridgehead atoms. The van der Waals surface area contributed by atoms with Crippen molar-refractivity contribution in [2.45, 2.75) is 25.3 Å². The fourth-order valence-corrected chi connectivity index (χ4v) is 4.47. The van der Waals surface area contributed by atoms with Crippen LogP contribution in [0.1, 0.15) is 36.5 Å². The molecule has 0 heterocycles. The zero-order valence-electron chi connectivity index (χ0n) is 17.5. The monoisotopic (exact) mass is 415 g/mol. The highest BCUT2D eigenvalue weighted by molar-refractivity contribution is 5.86. The van der Waals surface area contributed by atoms with Gasteiger partial charge in [0.2, 0.25) is 0 Å². The van der Waals surface area contributed by atoms with Gasteiger partial charge in [0.25, 0.3) is 0 Å². The highest BCUT2D eigenvalue weighted by Crippen LogP contribution is 2.44. The van der Waals surface area contributed by atoms with Crippen LogP contribution in [0.15, 0.2) is 78.9 Å². The second-order valence-corrected chi connectivity index (χ2v) is 8.08. The summed E-state index contributed by atoms with van der Waals surface area (Å²) in [6.07, 6.45) is -0.748. The molecule has 0 radical (unpaired) electrons. The second-order valence-electron chi connectivity index (χ2n) is 8.08. The van der Waals surface area contributed by atoms with E-state index in [1.54, 1.807) is 38.1 Å². The zero-order valence-corrected chi connectivity index (χ0v) is 17.5. The van der Waals surface area contributed by atoms with E-state index in [0.29, 0.717) is 5.56 Å². The van der Waals surface area contributed by atoms with Crippen molar-refractivity contribution in [1.29, 1.82) is 0 Å². The molecule has 0 saturated heterocycles. The molecule has 4 rings (SSSR count). The van der Waals surface area contributed by atoms with Gasteiger partial charge in [-0.15, -0.1) is 0 Å². The lowest BCUT2D eigenvalue weighted by Gasteiger charge is -2.34. The van der Waals surface area contributed by atoms with Crippen molar-refractivity contribution in [3.8, 4) is 11.1 Å². The van der Waals surface area contributed by atoms with Crippen molar-refractivity contribution in [2.75, 3.05) is 6.61 Å². The lowest BCUT2D eigenvalue weighted by molar-refractivity contribution is -0.147. The summed E-state index contributed by atoms with van der Waals surface area (Å²) in [7, 11) is 0. The minimum Gasteiger partial charge on any atom is -0.479 e. The number of hydrogen-bond donors (Lipinski definition) is 2. The van der Waals surface area contributed by atoms with Crippen LogP contribution in [-0.2, 0) is 15.1 Å². The first-order chi connectivity index (χ1) is 14.9. The molecule has 0 aliphatic heterocycles. The maximum atomic E-state index is 12.8. The Kier molecular flexibility index (Phi) is 5.51. The van der Waals surface area contributed by atoms with Crippen LogP contribution in [0.25, 0.3) is 11.1 Å². The summed E-state index contributed by atoms with van der Waals surface area (Å²) in [6, 6.07) is 24.9. The van der Waals surface area contributed by atoms with Crippen molar-refractivity contribution in [2.24, 2.45) is 5.92 Å². The van der Waals surface area contributed by atoms with Gasteiger partial charge in [0.15, 0.2) is 5.54 Å². The summed E-state index contributed by atoms with van der Waals surface area (Å²) in [5.74, 6) is -1.61. The number of amides is 1. The molecule has 0 unspecified atom stereocenters. The van der Waals surface area contributed by atoms with E-state index < -0.39 is 23.5 Å². The maximum absolute atomic E-state index is 12.8. The lowest BCUT2D eigenvalue weighted by Crippen LogP contribution is -2.55. The van der Waals surface area contributed by atoms with Crippen molar-refractivity contribution >= 4 is 12.1 Å². The van der Waals surface area contributed by atoms with Gasteiger partial charge < -0.3 is 15.2 Å². The number of carbonyl (C=O) groups is 2. The van der Waals surface area contributed by atoms with Gasteiger partial charge in [-0.1, -0.05) is 92.7 Å². The summed E-state index contributed by atoms with van der Waals surface area (Å²) in [5, 5.41) is 12.7. The maximum Gasteiger partial charge on any atom is 0.408 e. The van der Waals surface area contributed by atoms with Crippen LogP contribution in [-0.4, -0.2) is 23.8 Å². The van der Waals surface area contributed by atoms with Crippen LogP contribution in [0.2, 0.25) is 0 Å². The molecule has 5 heteroatoms. The average molecular weight is 415 g/mol. The third-order valence-corrected chi connectivity index (χ3v) is 6.08. The molecular formula is C26H25NO4. The highest BCUT2D eigenvalue weighted by Gasteiger charge is 2.45. The summed E-state index contributed by atoms with van der Waals surface area (Å²) < 4.78 is 5.60. The highest BCUT2D eigenvalue weighted by atomic mass is 16.5. The molecule has 158 valence electrons. The third kappa shape index (κ3) is 3.56. The molecule has 1 atom stereocenters. The second kappa shape index (κ2) is 8.26. The number of alkyl carbamates (subject to hydrolysis) is 1. The topological polar surface area (TPSA) is 75.6 Å². The minimum atomic E-state index is -1.58. The van der Waals surface area contributed by atoms with Crippen LogP contribution >= 0.6 is 0 Å². The van der Waals surface area contributed by atoms with Gasteiger partial charge in [0.1, 0.15) is 6.61 Å². The Morgan fingerprint density at radius 1 is 0.903 bits per heavy atom. The Balaban J connectivity index is 1.57. The van der Waals surface area contributed by atoms with E-state index in [9.17, 15) is 14.7 Å². The molecule has 1 aliphatic carbocycles. The quantitative estimate of drug-likeness (QED) is 0.583. The van der Waals surface area contributed by atoms with E-state index in [0.717, 1.165) is 22.3 Å². The Morgan fingerprint density at radius 3 is 1.94 bits per heavy atom. The molecule has 3 aromatic rings. The predicted octanol–water partition coefficient (Wildman–Crippen LogP) is 5.16. The normalized spacial score (nSPS) is 14.4. The smallest absolute Gasteiger partial charge is 0.408 e. The number of carboxylic acids is 1. The van der Waals surface area contributed by atoms with Gasteiger partial charge in [-0.3, -0.25) is 0 Å². The Labute approximate surface area is 181 Å². The van der Waals surface area contributed by atoms with E-state index in [4.69, 9.17) is 4.74 Å². The first-order valence-corrected chi connectivity index (χ1v) is 10.4. The third-order valence-electron chi connectivity index (χ3n) is 6.08. The van der Waals surface area contributed by atoms with E-state index >= 15 is 0 Å². The fourth-order valence-electron chi connectivity index (χ4n) is 4.47. The Morgan fingerprint density at radius 2 is 1.42 bits per heavy atom.